The smallest absolute Gasteiger partial charge is 0.229 e. The van der Waals surface area contributed by atoms with Gasteiger partial charge in [-0.3, -0.25) is 19.3 Å². The summed E-state index contributed by atoms with van der Waals surface area (Å²) < 4.78 is 0. The summed E-state index contributed by atoms with van der Waals surface area (Å²) in [6.45, 7) is 4.42. The molecule has 22 heavy (non-hydrogen) atoms. The molecular formula is C16H22N2O3S. The average molecular weight is 322 g/mol. The van der Waals surface area contributed by atoms with E-state index >= 15 is 0 Å². The van der Waals surface area contributed by atoms with Crippen LogP contribution in [-0.2, 0) is 14.4 Å². The molecule has 0 spiro atoms. The lowest BCUT2D eigenvalue weighted by Crippen LogP contribution is -2.35. The van der Waals surface area contributed by atoms with E-state index in [4.69, 9.17) is 0 Å². The molecule has 1 unspecified atom stereocenters. The summed E-state index contributed by atoms with van der Waals surface area (Å²) in [4.78, 5) is 37.5. The topological polar surface area (TPSA) is 66.5 Å². The number of nitrogens with zero attached hydrogens (tertiary/aromatic N) is 1. The number of carbonyl (C=O) groups excluding carboxylic acids is 3. The number of hydrogen-bond acceptors (Lipinski definition) is 4. The van der Waals surface area contributed by atoms with Crippen LogP contribution in [0.4, 0.5) is 0 Å². The lowest BCUT2D eigenvalue weighted by atomic mass is 10.0. The van der Waals surface area contributed by atoms with Crippen molar-refractivity contribution in [2.24, 2.45) is 5.92 Å². The Balaban J connectivity index is 1.88. The van der Waals surface area contributed by atoms with Gasteiger partial charge in [-0.15, -0.1) is 11.3 Å². The number of imide groups is 1. The summed E-state index contributed by atoms with van der Waals surface area (Å²) in [5, 5.41) is 5.02. The van der Waals surface area contributed by atoms with Gasteiger partial charge in [0.25, 0.3) is 0 Å². The predicted molar refractivity (Wildman–Crippen MR) is 85.2 cm³/mol. The van der Waals surface area contributed by atoms with Crippen LogP contribution >= 0.6 is 11.3 Å². The van der Waals surface area contributed by atoms with Gasteiger partial charge in [0.1, 0.15) is 0 Å². The summed E-state index contributed by atoms with van der Waals surface area (Å²) in [6.07, 6.45) is 1.57. The average Bonchev–Trinajstić information content (AvgIpc) is 3.07. The molecule has 1 fully saturated rings. The first-order valence-corrected chi connectivity index (χ1v) is 8.51. The fraction of sp³-hybridized carbons (Fsp3) is 0.562. The van der Waals surface area contributed by atoms with E-state index in [0.717, 1.165) is 11.3 Å². The lowest BCUT2D eigenvalue weighted by Gasteiger charge is -2.20. The highest BCUT2D eigenvalue weighted by molar-refractivity contribution is 7.10. The first kappa shape index (κ1) is 16.7. The molecule has 1 aliphatic heterocycles. The third kappa shape index (κ3) is 4.40. The van der Waals surface area contributed by atoms with E-state index in [9.17, 15) is 14.4 Å². The maximum atomic E-state index is 12.1. The summed E-state index contributed by atoms with van der Waals surface area (Å²) in [5.74, 6) is 0.00487. The molecule has 1 aromatic heterocycles. The molecule has 3 amide bonds. The monoisotopic (exact) mass is 322 g/mol. The molecule has 1 saturated heterocycles. The Morgan fingerprint density at radius 1 is 1.32 bits per heavy atom. The first-order valence-electron chi connectivity index (χ1n) is 7.63. The summed E-state index contributed by atoms with van der Waals surface area (Å²) in [5.41, 5.74) is 0. The molecule has 0 radical (unpaired) electrons. The van der Waals surface area contributed by atoms with E-state index < -0.39 is 0 Å². The Morgan fingerprint density at radius 3 is 2.55 bits per heavy atom. The standard InChI is InChI=1S/C16H22N2O3S/c1-11(2)10-12(13-4-3-9-22-13)17-14(19)7-8-18-15(20)5-6-16(18)21/h3-4,9,11-12H,5-8,10H2,1-2H3,(H,17,19). The molecule has 120 valence electrons. The number of carbonyl (C=O) groups is 3. The van der Waals surface area contributed by atoms with Crippen LogP contribution in [0, 0.1) is 5.92 Å². The van der Waals surface area contributed by atoms with Crippen molar-refractivity contribution in [1.29, 1.82) is 0 Å². The van der Waals surface area contributed by atoms with Gasteiger partial charge >= 0.3 is 0 Å². The third-order valence-corrected chi connectivity index (χ3v) is 4.63. The summed E-state index contributed by atoms with van der Waals surface area (Å²) in [7, 11) is 0. The zero-order valence-electron chi connectivity index (χ0n) is 13.0. The lowest BCUT2D eigenvalue weighted by molar-refractivity contribution is -0.138. The first-order chi connectivity index (χ1) is 10.5. The van der Waals surface area contributed by atoms with Gasteiger partial charge in [0.05, 0.1) is 6.04 Å². The molecule has 6 heteroatoms. The maximum Gasteiger partial charge on any atom is 0.229 e. The Hall–Kier alpha value is -1.69. The molecule has 0 bridgehead atoms. The Labute approximate surface area is 134 Å². The van der Waals surface area contributed by atoms with Crippen molar-refractivity contribution in [3.05, 3.63) is 22.4 Å². The molecule has 0 aliphatic carbocycles. The second kappa shape index (κ2) is 7.54. The fourth-order valence-electron chi connectivity index (χ4n) is 2.56. The predicted octanol–water partition coefficient (Wildman–Crippen LogP) is 2.49. The largest absolute Gasteiger partial charge is 0.348 e. The van der Waals surface area contributed by atoms with Crippen molar-refractivity contribution in [2.45, 2.75) is 45.6 Å². The minimum atomic E-state index is -0.171. The van der Waals surface area contributed by atoms with Crippen molar-refractivity contribution in [1.82, 2.24) is 10.2 Å². The quantitative estimate of drug-likeness (QED) is 0.784. The minimum Gasteiger partial charge on any atom is -0.348 e. The molecule has 0 aromatic carbocycles. The van der Waals surface area contributed by atoms with Crippen molar-refractivity contribution < 1.29 is 14.4 Å². The van der Waals surface area contributed by atoms with E-state index in [1.165, 1.54) is 4.90 Å². The van der Waals surface area contributed by atoms with E-state index in [1.54, 1.807) is 11.3 Å². The van der Waals surface area contributed by atoms with Crippen LogP contribution in [0.1, 0.15) is 50.4 Å². The van der Waals surface area contributed by atoms with Gasteiger partial charge in [0, 0.05) is 30.7 Å². The number of rotatable bonds is 7. The Bertz CT molecular complexity index is 524. The number of hydrogen-bond donors (Lipinski definition) is 1. The van der Waals surface area contributed by atoms with Crippen LogP contribution in [0.2, 0.25) is 0 Å². The van der Waals surface area contributed by atoms with E-state index in [2.05, 4.69) is 19.2 Å². The fourth-order valence-corrected chi connectivity index (χ4v) is 3.35. The van der Waals surface area contributed by atoms with Crippen LogP contribution in [0.25, 0.3) is 0 Å². The van der Waals surface area contributed by atoms with Crippen molar-refractivity contribution >= 4 is 29.1 Å². The molecule has 1 atom stereocenters. The van der Waals surface area contributed by atoms with Gasteiger partial charge < -0.3 is 5.32 Å². The van der Waals surface area contributed by atoms with Gasteiger partial charge in [-0.1, -0.05) is 19.9 Å². The van der Waals surface area contributed by atoms with Gasteiger partial charge in [0.15, 0.2) is 0 Å². The number of amides is 3. The molecule has 5 nitrogen and oxygen atoms in total. The van der Waals surface area contributed by atoms with Crippen LogP contribution in [0.5, 0.6) is 0 Å². The molecular weight excluding hydrogens is 300 g/mol. The van der Waals surface area contributed by atoms with Crippen LogP contribution in [0.3, 0.4) is 0 Å². The van der Waals surface area contributed by atoms with Gasteiger partial charge in [0.2, 0.25) is 17.7 Å². The highest BCUT2D eigenvalue weighted by Gasteiger charge is 2.29. The zero-order chi connectivity index (χ0) is 16.1. The van der Waals surface area contributed by atoms with Crippen molar-refractivity contribution in [2.75, 3.05) is 6.54 Å². The van der Waals surface area contributed by atoms with Gasteiger partial charge in [-0.2, -0.15) is 0 Å². The van der Waals surface area contributed by atoms with E-state index in [0.29, 0.717) is 5.92 Å². The van der Waals surface area contributed by atoms with E-state index in [1.807, 2.05) is 17.5 Å². The number of likely N-dealkylation sites (tertiary alicyclic amines) is 1. The van der Waals surface area contributed by atoms with Crippen LogP contribution in [0.15, 0.2) is 17.5 Å². The second-order valence-corrected chi connectivity index (χ2v) is 6.93. The molecule has 2 heterocycles. The Kier molecular flexibility index (Phi) is 5.71. The molecule has 1 N–H and O–H groups in total. The molecule has 0 saturated carbocycles. The van der Waals surface area contributed by atoms with E-state index in [-0.39, 0.29) is 49.6 Å². The number of thiophene rings is 1. The normalized spacial score (nSPS) is 16.4. The highest BCUT2D eigenvalue weighted by atomic mass is 32.1. The second-order valence-electron chi connectivity index (χ2n) is 5.95. The number of nitrogens with one attached hydrogen (secondary N) is 1. The van der Waals surface area contributed by atoms with Crippen molar-refractivity contribution in [3.8, 4) is 0 Å². The summed E-state index contributed by atoms with van der Waals surface area (Å²) >= 11 is 1.63. The molecule has 2 rings (SSSR count). The SMILES string of the molecule is CC(C)CC(NC(=O)CCN1C(=O)CCC1=O)c1cccs1. The van der Waals surface area contributed by atoms with Crippen LogP contribution < -0.4 is 5.32 Å². The Morgan fingerprint density at radius 2 is 2.00 bits per heavy atom. The van der Waals surface area contributed by atoms with Gasteiger partial charge in [-0.25, -0.2) is 0 Å². The van der Waals surface area contributed by atoms with Crippen molar-refractivity contribution in [3.63, 3.8) is 0 Å². The molecule has 1 aromatic rings. The summed E-state index contributed by atoms with van der Waals surface area (Å²) in [6, 6.07) is 3.99. The van der Waals surface area contributed by atoms with Gasteiger partial charge in [-0.05, 0) is 23.8 Å². The highest BCUT2D eigenvalue weighted by Crippen LogP contribution is 2.25. The zero-order valence-corrected chi connectivity index (χ0v) is 13.8. The minimum absolute atomic E-state index is 0.00233. The maximum absolute atomic E-state index is 12.1. The van der Waals surface area contributed by atoms with Crippen LogP contribution in [-0.4, -0.2) is 29.2 Å². The third-order valence-electron chi connectivity index (χ3n) is 3.65. The molecule has 1 aliphatic rings.